The Balaban J connectivity index is 2.29. The molecule has 2 rings (SSSR count). The summed E-state index contributed by atoms with van der Waals surface area (Å²) < 4.78 is 2.00. The van der Waals surface area contributed by atoms with Crippen LogP contribution in [0.2, 0.25) is 0 Å². The normalized spacial score (nSPS) is 11.0. The summed E-state index contributed by atoms with van der Waals surface area (Å²) >= 11 is 1.24. The highest BCUT2D eigenvalue weighted by Crippen LogP contribution is 2.36. The maximum atomic E-state index is 11.3. The third-order valence-corrected chi connectivity index (χ3v) is 4.65. The van der Waals surface area contributed by atoms with Crippen LogP contribution in [0, 0.1) is 20.2 Å². The molecule has 24 heavy (non-hydrogen) atoms. The van der Waals surface area contributed by atoms with Crippen LogP contribution in [-0.4, -0.2) is 20.2 Å². The molecule has 126 valence electrons. The molecule has 0 unspecified atom stereocenters. The maximum absolute atomic E-state index is 11.3. The molecule has 7 nitrogen and oxygen atoms in total. The van der Waals surface area contributed by atoms with Crippen LogP contribution >= 0.6 is 11.9 Å². The van der Waals surface area contributed by atoms with Gasteiger partial charge in [0.15, 0.2) is 0 Å². The predicted octanol–water partition coefficient (Wildman–Crippen LogP) is 4.42. The van der Waals surface area contributed by atoms with Gasteiger partial charge in [0.05, 0.1) is 15.9 Å². The Labute approximate surface area is 143 Å². The molecule has 0 amide bonds. The van der Waals surface area contributed by atoms with Crippen molar-refractivity contribution >= 4 is 23.3 Å². The fourth-order valence-electron chi connectivity index (χ4n) is 2.05. The number of non-ortho nitro benzene ring substituents is 1. The lowest BCUT2D eigenvalue weighted by Gasteiger charge is -2.25. The molecule has 8 heteroatoms. The molecule has 0 atom stereocenters. The first-order valence-electron chi connectivity index (χ1n) is 7.30. The van der Waals surface area contributed by atoms with Gasteiger partial charge >= 0.3 is 0 Å². The van der Waals surface area contributed by atoms with Crippen LogP contribution in [-0.2, 0) is 6.54 Å². The maximum Gasteiger partial charge on any atom is 0.291 e. The van der Waals surface area contributed by atoms with E-state index in [0.29, 0.717) is 11.4 Å². The molecule has 0 bridgehead atoms. The largest absolute Gasteiger partial charge is 0.291 e. The van der Waals surface area contributed by atoms with E-state index >= 15 is 0 Å². The fourth-order valence-corrected chi connectivity index (χ4v) is 3.08. The lowest BCUT2D eigenvalue weighted by Crippen LogP contribution is -2.23. The van der Waals surface area contributed by atoms with Gasteiger partial charge in [-0.15, -0.1) is 0 Å². The fraction of sp³-hybridized carbons (Fsp3) is 0.250. The number of rotatable bonds is 7. The molecule has 0 aromatic heterocycles. The van der Waals surface area contributed by atoms with Gasteiger partial charge < -0.3 is 0 Å². The highest BCUT2D eigenvalue weighted by Gasteiger charge is 2.23. The molecule has 0 aliphatic heterocycles. The van der Waals surface area contributed by atoms with E-state index in [1.165, 1.54) is 24.1 Å². The van der Waals surface area contributed by atoms with Crippen molar-refractivity contribution in [2.75, 3.05) is 0 Å². The average molecular weight is 347 g/mol. The van der Waals surface area contributed by atoms with E-state index in [-0.39, 0.29) is 17.4 Å². The number of nitrogens with zero attached hydrogens (tertiary/aromatic N) is 3. The van der Waals surface area contributed by atoms with Gasteiger partial charge in [0, 0.05) is 18.7 Å². The number of benzene rings is 2. The van der Waals surface area contributed by atoms with Gasteiger partial charge in [-0.05, 0) is 37.4 Å². The molecule has 0 saturated carbocycles. The van der Waals surface area contributed by atoms with Crippen molar-refractivity contribution in [2.45, 2.75) is 31.3 Å². The summed E-state index contributed by atoms with van der Waals surface area (Å²) in [7, 11) is 0. The van der Waals surface area contributed by atoms with Crippen molar-refractivity contribution < 1.29 is 9.85 Å². The predicted molar refractivity (Wildman–Crippen MR) is 92.7 cm³/mol. The summed E-state index contributed by atoms with van der Waals surface area (Å²) in [6, 6.07) is 13.6. The number of hydrogen-bond donors (Lipinski definition) is 0. The zero-order valence-corrected chi connectivity index (χ0v) is 14.1. The minimum Gasteiger partial charge on any atom is -0.258 e. The zero-order valence-electron chi connectivity index (χ0n) is 13.3. The van der Waals surface area contributed by atoms with E-state index in [2.05, 4.69) is 0 Å². The average Bonchev–Trinajstić information content (AvgIpc) is 2.55. The molecule has 0 heterocycles. The first-order valence-corrected chi connectivity index (χ1v) is 8.07. The molecule has 2 aromatic carbocycles. The van der Waals surface area contributed by atoms with Gasteiger partial charge in [0.2, 0.25) is 0 Å². The zero-order chi connectivity index (χ0) is 17.7. The van der Waals surface area contributed by atoms with Gasteiger partial charge in [-0.1, -0.05) is 30.3 Å². The highest BCUT2D eigenvalue weighted by molar-refractivity contribution is 7.97. The second kappa shape index (κ2) is 7.89. The molecular weight excluding hydrogens is 330 g/mol. The minimum atomic E-state index is -0.633. The van der Waals surface area contributed by atoms with Crippen molar-refractivity contribution in [1.82, 2.24) is 4.31 Å². The van der Waals surface area contributed by atoms with Gasteiger partial charge in [-0.2, -0.15) is 0 Å². The van der Waals surface area contributed by atoms with E-state index in [1.807, 2.05) is 48.5 Å². The summed E-state index contributed by atoms with van der Waals surface area (Å²) in [6.07, 6.45) is 0. The first-order chi connectivity index (χ1) is 11.4. The van der Waals surface area contributed by atoms with Crippen LogP contribution < -0.4 is 0 Å². The number of nitro benzene ring substituents is 2. The van der Waals surface area contributed by atoms with E-state index in [9.17, 15) is 20.2 Å². The summed E-state index contributed by atoms with van der Waals surface area (Å²) in [4.78, 5) is 21.2. The summed E-state index contributed by atoms with van der Waals surface area (Å²) in [5.41, 5.74) is 0.543. The third-order valence-electron chi connectivity index (χ3n) is 3.32. The Morgan fingerprint density at radius 2 is 1.71 bits per heavy atom. The Morgan fingerprint density at radius 1 is 1.04 bits per heavy atom. The summed E-state index contributed by atoms with van der Waals surface area (Å²) in [6.45, 7) is 4.59. The van der Waals surface area contributed by atoms with Crippen LogP contribution in [0.4, 0.5) is 11.4 Å². The Hall–Kier alpha value is -2.45. The van der Waals surface area contributed by atoms with Crippen molar-refractivity contribution in [1.29, 1.82) is 0 Å². The van der Waals surface area contributed by atoms with Crippen LogP contribution in [0.1, 0.15) is 19.4 Å². The Bertz CT molecular complexity index is 737. The van der Waals surface area contributed by atoms with Crippen molar-refractivity contribution in [3.8, 4) is 0 Å². The van der Waals surface area contributed by atoms with Gasteiger partial charge in [-0.25, -0.2) is 4.31 Å². The lowest BCUT2D eigenvalue weighted by molar-refractivity contribution is -0.396. The summed E-state index contributed by atoms with van der Waals surface area (Å²) in [5, 5.41) is 22.1. The Kier molecular flexibility index (Phi) is 5.88. The SMILES string of the molecule is CC(C)N(Cc1ccccc1)Sc1ccc([N+](=O)[O-])cc1[N+](=O)[O-]. The van der Waals surface area contributed by atoms with E-state index in [1.54, 1.807) is 0 Å². The first kappa shape index (κ1) is 17.9. The van der Waals surface area contributed by atoms with Gasteiger partial charge in [0.1, 0.15) is 4.90 Å². The molecule has 0 aliphatic rings. The van der Waals surface area contributed by atoms with Gasteiger partial charge in [-0.3, -0.25) is 20.2 Å². The number of nitro groups is 2. The van der Waals surface area contributed by atoms with Crippen LogP contribution in [0.3, 0.4) is 0 Å². The topological polar surface area (TPSA) is 89.5 Å². The van der Waals surface area contributed by atoms with Crippen molar-refractivity contribution in [2.24, 2.45) is 0 Å². The quantitative estimate of drug-likeness (QED) is 0.418. The molecule has 0 spiro atoms. The van der Waals surface area contributed by atoms with Crippen LogP contribution in [0.25, 0.3) is 0 Å². The van der Waals surface area contributed by atoms with Gasteiger partial charge in [0.25, 0.3) is 11.4 Å². The Morgan fingerprint density at radius 3 is 2.25 bits per heavy atom. The molecule has 0 aliphatic carbocycles. The smallest absolute Gasteiger partial charge is 0.258 e. The van der Waals surface area contributed by atoms with E-state index in [0.717, 1.165) is 11.6 Å². The third kappa shape index (κ3) is 4.53. The second-order valence-electron chi connectivity index (χ2n) is 5.41. The monoisotopic (exact) mass is 347 g/mol. The van der Waals surface area contributed by atoms with Crippen molar-refractivity contribution in [3.63, 3.8) is 0 Å². The molecule has 2 aromatic rings. The van der Waals surface area contributed by atoms with E-state index in [4.69, 9.17) is 0 Å². The molecule has 0 N–H and O–H groups in total. The van der Waals surface area contributed by atoms with Crippen molar-refractivity contribution in [3.05, 3.63) is 74.3 Å². The molecule has 0 radical (unpaired) electrons. The van der Waals surface area contributed by atoms with Crippen LogP contribution in [0.5, 0.6) is 0 Å². The second-order valence-corrected chi connectivity index (χ2v) is 6.50. The van der Waals surface area contributed by atoms with E-state index < -0.39 is 9.85 Å². The lowest BCUT2D eigenvalue weighted by atomic mass is 10.2. The standard InChI is InChI=1S/C16H17N3O4S/c1-12(2)17(11-13-6-4-3-5-7-13)24-16-9-8-14(18(20)21)10-15(16)19(22)23/h3-10,12H,11H2,1-2H3. The molecule has 0 saturated heterocycles. The van der Waals surface area contributed by atoms with Crippen LogP contribution in [0.15, 0.2) is 53.4 Å². The molecular formula is C16H17N3O4S. The minimum absolute atomic E-state index is 0.130. The summed E-state index contributed by atoms with van der Waals surface area (Å²) in [5.74, 6) is 0. The highest BCUT2D eigenvalue weighted by atomic mass is 32.2. The number of hydrogen-bond acceptors (Lipinski definition) is 6. The molecule has 0 fully saturated rings.